The molecule has 1 aliphatic heterocycles. The summed E-state index contributed by atoms with van der Waals surface area (Å²) >= 11 is 0. The fraction of sp³-hybridized carbons (Fsp3) is 0.429. The number of benzene rings is 1. The molecule has 0 bridgehead atoms. The zero-order chi connectivity index (χ0) is 20.4. The van der Waals surface area contributed by atoms with Crippen LogP contribution >= 0.6 is 0 Å². The molecule has 1 fully saturated rings. The Kier molecular flexibility index (Phi) is 5.33. The van der Waals surface area contributed by atoms with Gasteiger partial charge in [0.1, 0.15) is 5.82 Å². The minimum Gasteiger partial charge on any atom is -0.342 e. The molecule has 8 heteroatoms. The van der Waals surface area contributed by atoms with Gasteiger partial charge in [-0.15, -0.1) is 0 Å². The summed E-state index contributed by atoms with van der Waals surface area (Å²) in [5.74, 6) is 0.966. The van der Waals surface area contributed by atoms with E-state index in [0.717, 1.165) is 35.4 Å². The molecule has 0 saturated carbocycles. The number of aryl methyl sites for hydroxylation is 2. The molecule has 8 nitrogen and oxygen atoms in total. The van der Waals surface area contributed by atoms with Gasteiger partial charge in [0.25, 0.3) is 5.56 Å². The first-order valence-corrected chi connectivity index (χ1v) is 10.0. The summed E-state index contributed by atoms with van der Waals surface area (Å²) in [7, 11) is 0. The number of H-pyrrole nitrogens is 2. The number of carbonyl (C=O) groups excluding carboxylic acids is 1. The van der Waals surface area contributed by atoms with Crippen LogP contribution in [0.15, 0.2) is 29.3 Å². The van der Waals surface area contributed by atoms with E-state index in [2.05, 4.69) is 51.2 Å². The number of carbonyl (C=O) groups is 1. The number of likely N-dealkylation sites (tertiary alicyclic amines) is 1. The Balaban J connectivity index is 1.33. The first-order chi connectivity index (χ1) is 14.0. The van der Waals surface area contributed by atoms with E-state index in [9.17, 15) is 9.59 Å². The van der Waals surface area contributed by atoms with Crippen LogP contribution in [0.4, 0.5) is 4.79 Å². The Morgan fingerprint density at radius 3 is 2.93 bits per heavy atom. The van der Waals surface area contributed by atoms with Crippen molar-refractivity contribution >= 4 is 17.1 Å². The zero-order valence-electron chi connectivity index (χ0n) is 16.8. The van der Waals surface area contributed by atoms with Crippen molar-refractivity contribution in [3.8, 4) is 0 Å². The first kappa shape index (κ1) is 19.2. The minimum atomic E-state index is -0.159. The van der Waals surface area contributed by atoms with Gasteiger partial charge in [-0.05, 0) is 49.9 Å². The molecule has 2 amide bonds. The van der Waals surface area contributed by atoms with Crippen LogP contribution in [0.5, 0.6) is 0 Å². The molecule has 0 aliphatic carbocycles. The second kappa shape index (κ2) is 8.06. The summed E-state index contributed by atoms with van der Waals surface area (Å²) in [5.41, 5.74) is 5.03. The zero-order valence-corrected chi connectivity index (χ0v) is 16.8. The number of imidazole rings is 1. The Morgan fingerprint density at radius 1 is 1.28 bits per heavy atom. The Hall–Kier alpha value is -3.16. The molecule has 152 valence electrons. The van der Waals surface area contributed by atoms with Crippen LogP contribution in [0.1, 0.15) is 41.4 Å². The van der Waals surface area contributed by atoms with Crippen molar-refractivity contribution < 1.29 is 4.79 Å². The standard InChI is InChI=1S/C21H26N6O2/c1-13-8-17-18(9-14(13)2)26-19(25-17)5-6-22-21(29)27-7-3-4-15(11-27)16-10-20(28)24-12-23-16/h8-10,12,15H,3-7,11H2,1-2H3,(H,22,29)(H,25,26)(H,23,24,28)/t15-/m1/s1. The van der Waals surface area contributed by atoms with Crippen molar-refractivity contribution in [1.82, 2.24) is 30.2 Å². The third kappa shape index (κ3) is 4.31. The molecule has 0 radical (unpaired) electrons. The van der Waals surface area contributed by atoms with E-state index in [-0.39, 0.29) is 17.5 Å². The Labute approximate surface area is 168 Å². The van der Waals surface area contributed by atoms with E-state index in [4.69, 9.17) is 0 Å². The third-order valence-corrected chi connectivity index (χ3v) is 5.61. The number of hydrogen-bond acceptors (Lipinski definition) is 4. The number of nitrogens with one attached hydrogen (secondary N) is 3. The van der Waals surface area contributed by atoms with E-state index in [1.165, 1.54) is 23.5 Å². The van der Waals surface area contributed by atoms with Crippen molar-refractivity contribution in [2.45, 2.75) is 39.0 Å². The van der Waals surface area contributed by atoms with Crippen molar-refractivity contribution in [2.24, 2.45) is 0 Å². The number of piperidine rings is 1. The average Bonchev–Trinajstić information content (AvgIpc) is 3.09. The fourth-order valence-electron chi connectivity index (χ4n) is 3.85. The van der Waals surface area contributed by atoms with Gasteiger partial charge in [0.05, 0.1) is 23.1 Å². The second-order valence-electron chi connectivity index (χ2n) is 7.74. The molecule has 3 aromatic rings. The number of urea groups is 1. The lowest BCUT2D eigenvalue weighted by Gasteiger charge is -2.32. The van der Waals surface area contributed by atoms with Gasteiger partial charge in [-0.1, -0.05) is 0 Å². The van der Waals surface area contributed by atoms with E-state index >= 15 is 0 Å². The summed E-state index contributed by atoms with van der Waals surface area (Å²) in [5, 5.41) is 2.99. The number of nitrogens with zero attached hydrogens (tertiary/aromatic N) is 3. The van der Waals surface area contributed by atoms with Crippen molar-refractivity contribution in [1.29, 1.82) is 0 Å². The molecule has 0 spiro atoms. The molecular weight excluding hydrogens is 368 g/mol. The molecule has 0 unspecified atom stereocenters. The number of aromatic nitrogens is 4. The van der Waals surface area contributed by atoms with Gasteiger partial charge in [0, 0.05) is 38.0 Å². The number of fused-ring (bicyclic) bond motifs is 1. The lowest BCUT2D eigenvalue weighted by atomic mass is 9.95. The highest BCUT2D eigenvalue weighted by Gasteiger charge is 2.25. The fourth-order valence-corrected chi connectivity index (χ4v) is 3.85. The van der Waals surface area contributed by atoms with Crippen LogP contribution < -0.4 is 10.9 Å². The second-order valence-corrected chi connectivity index (χ2v) is 7.74. The van der Waals surface area contributed by atoms with E-state index in [1.807, 2.05) is 4.90 Å². The van der Waals surface area contributed by atoms with Gasteiger partial charge in [0.2, 0.25) is 0 Å². The van der Waals surface area contributed by atoms with Crippen LogP contribution in [-0.2, 0) is 6.42 Å². The highest BCUT2D eigenvalue weighted by molar-refractivity contribution is 5.77. The Morgan fingerprint density at radius 2 is 2.10 bits per heavy atom. The van der Waals surface area contributed by atoms with Gasteiger partial charge in [-0.25, -0.2) is 14.8 Å². The van der Waals surface area contributed by atoms with Crippen LogP contribution in [0.3, 0.4) is 0 Å². The van der Waals surface area contributed by atoms with Crippen molar-refractivity contribution in [3.05, 3.63) is 57.5 Å². The van der Waals surface area contributed by atoms with E-state index < -0.39 is 0 Å². The molecule has 1 aromatic carbocycles. The van der Waals surface area contributed by atoms with E-state index in [0.29, 0.717) is 26.1 Å². The number of rotatable bonds is 4. The largest absolute Gasteiger partial charge is 0.342 e. The maximum atomic E-state index is 12.6. The minimum absolute atomic E-state index is 0.0812. The lowest BCUT2D eigenvalue weighted by molar-refractivity contribution is 0.179. The third-order valence-electron chi connectivity index (χ3n) is 5.61. The van der Waals surface area contributed by atoms with E-state index in [1.54, 1.807) is 0 Å². The quantitative estimate of drug-likeness (QED) is 0.632. The monoisotopic (exact) mass is 394 g/mol. The van der Waals surface area contributed by atoms with Crippen molar-refractivity contribution in [2.75, 3.05) is 19.6 Å². The predicted molar refractivity (Wildman–Crippen MR) is 111 cm³/mol. The molecule has 4 rings (SSSR count). The summed E-state index contributed by atoms with van der Waals surface area (Å²) in [6.07, 6.45) is 3.89. The van der Waals surface area contributed by atoms with Crippen LogP contribution in [-0.4, -0.2) is 50.5 Å². The van der Waals surface area contributed by atoms with Crippen molar-refractivity contribution in [3.63, 3.8) is 0 Å². The SMILES string of the molecule is Cc1cc2nc(CCNC(=O)N3CCC[C@@H](c4cc(=O)[nH]cn4)C3)[nH]c2cc1C. The van der Waals surface area contributed by atoms with Gasteiger partial charge in [0.15, 0.2) is 0 Å². The van der Waals surface area contributed by atoms with Crippen LogP contribution in [0.2, 0.25) is 0 Å². The van der Waals surface area contributed by atoms with Gasteiger partial charge in [-0.2, -0.15) is 0 Å². The van der Waals surface area contributed by atoms with Gasteiger partial charge >= 0.3 is 6.03 Å². The van der Waals surface area contributed by atoms with Gasteiger partial charge < -0.3 is 20.2 Å². The number of amides is 2. The highest BCUT2D eigenvalue weighted by Crippen LogP contribution is 2.24. The Bertz CT molecular complexity index is 1050. The molecule has 1 atom stereocenters. The molecule has 1 aliphatic rings. The number of hydrogen-bond donors (Lipinski definition) is 3. The highest BCUT2D eigenvalue weighted by atomic mass is 16.2. The maximum absolute atomic E-state index is 12.6. The molecule has 2 aromatic heterocycles. The molecule has 29 heavy (non-hydrogen) atoms. The smallest absolute Gasteiger partial charge is 0.317 e. The summed E-state index contributed by atoms with van der Waals surface area (Å²) in [6, 6.07) is 5.63. The van der Waals surface area contributed by atoms with Crippen LogP contribution in [0.25, 0.3) is 11.0 Å². The van der Waals surface area contributed by atoms with Gasteiger partial charge in [-0.3, -0.25) is 4.79 Å². The summed E-state index contributed by atoms with van der Waals surface area (Å²) in [6.45, 7) is 5.97. The molecule has 3 heterocycles. The number of aromatic amines is 2. The normalized spacial score (nSPS) is 16.9. The van der Waals surface area contributed by atoms with Crippen LogP contribution in [0, 0.1) is 13.8 Å². The lowest BCUT2D eigenvalue weighted by Crippen LogP contribution is -2.45. The molecule has 1 saturated heterocycles. The summed E-state index contributed by atoms with van der Waals surface area (Å²) in [4.78, 5) is 40.7. The average molecular weight is 394 g/mol. The maximum Gasteiger partial charge on any atom is 0.317 e. The predicted octanol–water partition coefficient (Wildman–Crippen LogP) is 2.39. The molecular formula is C21H26N6O2. The topological polar surface area (TPSA) is 107 Å². The summed E-state index contributed by atoms with van der Waals surface area (Å²) < 4.78 is 0. The first-order valence-electron chi connectivity index (χ1n) is 10.0. The molecule has 3 N–H and O–H groups in total.